The first kappa shape index (κ1) is 22.0. The maximum Gasteiger partial charge on any atom is 0.255 e. The number of benzene rings is 3. The molecule has 32 heavy (non-hydrogen) atoms. The van der Waals surface area contributed by atoms with Gasteiger partial charge in [0, 0.05) is 24.8 Å². The molecule has 166 valence electrons. The average molecular weight is 454 g/mol. The number of nitrogens with zero attached hydrogens (tertiary/aromatic N) is 1. The highest BCUT2D eigenvalue weighted by Crippen LogP contribution is 2.24. The number of sulfonamides is 1. The van der Waals surface area contributed by atoms with Crippen molar-refractivity contribution in [3.8, 4) is 0 Å². The number of nitrogens with one attached hydrogen (secondary N) is 2. The van der Waals surface area contributed by atoms with Crippen molar-refractivity contribution in [3.63, 3.8) is 0 Å². The molecule has 0 aromatic heterocycles. The van der Waals surface area contributed by atoms with Crippen LogP contribution in [0.25, 0.3) is 0 Å². The second-order valence-electron chi connectivity index (χ2n) is 7.68. The fraction of sp³-hybridized carbons (Fsp3) is 0.208. The SMILES string of the molecule is O=C(c1ccccc1Nc1ccccc1)N1CCC(NS(=O)(=O)c2ccc(F)cc2)CC1. The van der Waals surface area contributed by atoms with Crippen molar-refractivity contribution in [1.82, 2.24) is 9.62 Å². The third-order valence-electron chi connectivity index (χ3n) is 5.44. The van der Waals surface area contributed by atoms with Crippen LogP contribution >= 0.6 is 0 Å². The Morgan fingerprint density at radius 1 is 0.875 bits per heavy atom. The zero-order chi connectivity index (χ0) is 22.6. The van der Waals surface area contributed by atoms with E-state index in [1.54, 1.807) is 11.0 Å². The Hall–Kier alpha value is -3.23. The van der Waals surface area contributed by atoms with Crippen molar-refractivity contribution < 1.29 is 17.6 Å². The van der Waals surface area contributed by atoms with Crippen molar-refractivity contribution in [2.75, 3.05) is 18.4 Å². The Bertz CT molecular complexity index is 1180. The fourth-order valence-electron chi connectivity index (χ4n) is 3.73. The number of hydrogen-bond donors (Lipinski definition) is 2. The predicted molar refractivity (Wildman–Crippen MR) is 122 cm³/mol. The molecule has 1 heterocycles. The highest BCUT2D eigenvalue weighted by atomic mass is 32.2. The maximum atomic E-state index is 13.2. The lowest BCUT2D eigenvalue weighted by atomic mass is 10.0. The van der Waals surface area contributed by atoms with Gasteiger partial charge in [0.25, 0.3) is 5.91 Å². The van der Waals surface area contributed by atoms with E-state index in [4.69, 9.17) is 0 Å². The van der Waals surface area contributed by atoms with Crippen LogP contribution in [0.15, 0.2) is 83.8 Å². The van der Waals surface area contributed by atoms with Crippen molar-refractivity contribution in [3.05, 3.63) is 90.2 Å². The van der Waals surface area contributed by atoms with Crippen LogP contribution in [-0.2, 0) is 10.0 Å². The Morgan fingerprint density at radius 2 is 1.50 bits per heavy atom. The van der Waals surface area contributed by atoms with Gasteiger partial charge in [0.2, 0.25) is 10.0 Å². The summed E-state index contributed by atoms with van der Waals surface area (Å²) in [6.45, 7) is 0.879. The molecule has 0 saturated carbocycles. The summed E-state index contributed by atoms with van der Waals surface area (Å²) in [5.74, 6) is -0.582. The number of carbonyl (C=O) groups is 1. The zero-order valence-electron chi connectivity index (χ0n) is 17.4. The topological polar surface area (TPSA) is 78.5 Å². The lowest BCUT2D eigenvalue weighted by molar-refractivity contribution is 0.0712. The highest BCUT2D eigenvalue weighted by molar-refractivity contribution is 7.89. The number of halogens is 1. The van der Waals surface area contributed by atoms with E-state index < -0.39 is 15.8 Å². The van der Waals surface area contributed by atoms with E-state index in [1.807, 2.05) is 48.5 Å². The number of hydrogen-bond acceptors (Lipinski definition) is 4. The lowest BCUT2D eigenvalue weighted by Crippen LogP contribution is -2.46. The molecule has 0 unspecified atom stereocenters. The van der Waals surface area contributed by atoms with Crippen molar-refractivity contribution in [2.24, 2.45) is 0 Å². The molecular formula is C24H24FN3O3S. The molecule has 6 nitrogen and oxygen atoms in total. The van der Waals surface area contributed by atoms with E-state index in [-0.39, 0.29) is 16.8 Å². The summed E-state index contributed by atoms with van der Waals surface area (Å²) in [6.07, 6.45) is 1.00. The first-order valence-corrected chi connectivity index (χ1v) is 11.9. The summed E-state index contributed by atoms with van der Waals surface area (Å²) >= 11 is 0. The maximum absolute atomic E-state index is 13.2. The number of anilines is 2. The average Bonchev–Trinajstić information content (AvgIpc) is 2.80. The first-order valence-electron chi connectivity index (χ1n) is 10.4. The van der Waals surface area contributed by atoms with Crippen molar-refractivity contribution in [1.29, 1.82) is 0 Å². The molecule has 0 bridgehead atoms. The van der Waals surface area contributed by atoms with Crippen LogP contribution in [-0.4, -0.2) is 38.4 Å². The van der Waals surface area contributed by atoms with Crippen LogP contribution in [0.3, 0.4) is 0 Å². The molecule has 8 heteroatoms. The van der Waals surface area contributed by atoms with Gasteiger partial charge in [0.1, 0.15) is 5.82 Å². The highest BCUT2D eigenvalue weighted by Gasteiger charge is 2.28. The molecule has 0 aliphatic carbocycles. The molecule has 2 N–H and O–H groups in total. The molecule has 0 radical (unpaired) electrons. The molecule has 0 spiro atoms. The quantitative estimate of drug-likeness (QED) is 0.588. The van der Waals surface area contributed by atoms with Gasteiger partial charge in [-0.25, -0.2) is 17.5 Å². The molecule has 1 saturated heterocycles. The molecule has 4 rings (SSSR count). The van der Waals surface area contributed by atoms with Gasteiger partial charge >= 0.3 is 0 Å². The summed E-state index contributed by atoms with van der Waals surface area (Å²) in [5.41, 5.74) is 2.19. The van der Waals surface area contributed by atoms with Gasteiger partial charge in [-0.3, -0.25) is 4.79 Å². The predicted octanol–water partition coefficient (Wildman–Crippen LogP) is 4.15. The molecular weight excluding hydrogens is 429 g/mol. The normalized spacial score (nSPS) is 14.8. The Kier molecular flexibility index (Phi) is 6.53. The smallest absolute Gasteiger partial charge is 0.255 e. The van der Waals surface area contributed by atoms with Gasteiger partial charge in [0.05, 0.1) is 16.1 Å². The van der Waals surface area contributed by atoms with Crippen LogP contribution in [0.4, 0.5) is 15.8 Å². The first-order chi connectivity index (χ1) is 15.4. The number of rotatable bonds is 6. The second kappa shape index (κ2) is 9.50. The van der Waals surface area contributed by atoms with Gasteiger partial charge in [0.15, 0.2) is 0 Å². The van der Waals surface area contributed by atoms with Gasteiger partial charge in [-0.05, 0) is 61.4 Å². The number of likely N-dealkylation sites (tertiary alicyclic amines) is 1. The van der Waals surface area contributed by atoms with Crippen LogP contribution in [0.1, 0.15) is 23.2 Å². The van der Waals surface area contributed by atoms with E-state index in [0.29, 0.717) is 31.5 Å². The molecule has 0 atom stereocenters. The van der Waals surface area contributed by atoms with E-state index in [0.717, 1.165) is 23.5 Å². The molecule has 1 aliphatic rings. The Balaban J connectivity index is 1.39. The third-order valence-corrected chi connectivity index (χ3v) is 6.97. The van der Waals surface area contributed by atoms with E-state index in [2.05, 4.69) is 10.0 Å². The fourth-order valence-corrected chi connectivity index (χ4v) is 5.03. The minimum atomic E-state index is -3.74. The third kappa shape index (κ3) is 5.15. The van der Waals surface area contributed by atoms with Crippen LogP contribution < -0.4 is 10.0 Å². The van der Waals surface area contributed by atoms with Crippen LogP contribution in [0.2, 0.25) is 0 Å². The van der Waals surface area contributed by atoms with E-state index >= 15 is 0 Å². The van der Waals surface area contributed by atoms with Gasteiger partial charge in [-0.15, -0.1) is 0 Å². The number of para-hydroxylation sites is 2. The van der Waals surface area contributed by atoms with Gasteiger partial charge < -0.3 is 10.2 Å². The Morgan fingerprint density at radius 3 is 2.19 bits per heavy atom. The van der Waals surface area contributed by atoms with Crippen molar-refractivity contribution >= 4 is 27.3 Å². The summed E-state index contributed by atoms with van der Waals surface area (Å²) in [7, 11) is -3.74. The summed E-state index contributed by atoms with van der Waals surface area (Å²) in [5, 5.41) is 3.29. The minimum Gasteiger partial charge on any atom is -0.355 e. The number of piperidine rings is 1. The molecule has 3 aromatic rings. The lowest BCUT2D eigenvalue weighted by Gasteiger charge is -2.32. The number of amides is 1. The summed E-state index contributed by atoms with van der Waals surface area (Å²) in [4.78, 5) is 14.9. The molecule has 1 aliphatic heterocycles. The van der Waals surface area contributed by atoms with E-state index in [9.17, 15) is 17.6 Å². The van der Waals surface area contributed by atoms with Crippen LogP contribution in [0, 0.1) is 5.82 Å². The van der Waals surface area contributed by atoms with Gasteiger partial charge in [-0.2, -0.15) is 0 Å². The van der Waals surface area contributed by atoms with Crippen molar-refractivity contribution in [2.45, 2.75) is 23.8 Å². The minimum absolute atomic E-state index is 0.0262. The second-order valence-corrected chi connectivity index (χ2v) is 9.39. The zero-order valence-corrected chi connectivity index (χ0v) is 18.2. The number of carbonyl (C=O) groups excluding carboxylic acids is 1. The van der Waals surface area contributed by atoms with E-state index in [1.165, 1.54) is 12.1 Å². The van der Waals surface area contributed by atoms with Crippen LogP contribution in [0.5, 0.6) is 0 Å². The molecule has 3 aromatic carbocycles. The van der Waals surface area contributed by atoms with Gasteiger partial charge in [-0.1, -0.05) is 30.3 Å². The summed E-state index contributed by atoms with van der Waals surface area (Å²) < 4.78 is 40.8. The largest absolute Gasteiger partial charge is 0.355 e. The standard InChI is InChI=1S/C24H24FN3O3S/c25-18-10-12-21(13-11-18)32(30,31)27-20-14-16-28(17-15-20)24(29)22-8-4-5-9-23(22)26-19-6-2-1-3-7-19/h1-13,20,26-27H,14-17H2. The molecule has 1 fully saturated rings. The monoisotopic (exact) mass is 453 g/mol. The Labute approximate surface area is 187 Å². The summed E-state index contributed by atoms with van der Waals surface area (Å²) in [6, 6.07) is 21.4. The molecule has 1 amide bonds.